The Labute approximate surface area is 115 Å². The van der Waals surface area contributed by atoms with E-state index in [-0.39, 0.29) is 18.6 Å². The van der Waals surface area contributed by atoms with Gasteiger partial charge in [-0.15, -0.1) is 0 Å². The number of rotatable bonds is 6. The Bertz CT molecular complexity index is 414. The van der Waals surface area contributed by atoms with Gasteiger partial charge >= 0.3 is 0 Å². The Morgan fingerprint density at radius 3 is 2.42 bits per heavy atom. The molecule has 0 fully saturated rings. The number of hydrogen-bond acceptors (Lipinski definition) is 4. The molecule has 0 aliphatic heterocycles. The molecule has 108 valence electrons. The van der Waals surface area contributed by atoms with E-state index in [0.717, 1.165) is 5.56 Å². The first kappa shape index (κ1) is 15.8. The van der Waals surface area contributed by atoms with E-state index in [0.29, 0.717) is 11.5 Å². The van der Waals surface area contributed by atoms with Crippen molar-refractivity contribution in [3.8, 4) is 11.5 Å². The van der Waals surface area contributed by atoms with Gasteiger partial charge in [-0.05, 0) is 25.8 Å². The Balaban J connectivity index is 2.92. The summed E-state index contributed by atoms with van der Waals surface area (Å²) >= 11 is 0. The molecule has 4 heteroatoms. The first-order chi connectivity index (χ1) is 8.77. The normalized spacial score (nSPS) is 16.0. The largest absolute Gasteiger partial charge is 0.497 e. The molecule has 1 unspecified atom stereocenters. The van der Waals surface area contributed by atoms with Gasteiger partial charge in [0, 0.05) is 17.7 Å². The zero-order valence-electron chi connectivity index (χ0n) is 12.4. The third kappa shape index (κ3) is 4.11. The van der Waals surface area contributed by atoms with Crippen molar-refractivity contribution in [3.05, 3.63) is 23.8 Å². The van der Waals surface area contributed by atoms with Gasteiger partial charge in [0.2, 0.25) is 0 Å². The average molecular weight is 267 g/mol. The van der Waals surface area contributed by atoms with Crippen molar-refractivity contribution in [2.45, 2.75) is 39.3 Å². The lowest BCUT2D eigenvalue weighted by Gasteiger charge is -2.28. The molecule has 0 saturated carbocycles. The Hall–Kier alpha value is -1.26. The van der Waals surface area contributed by atoms with Gasteiger partial charge in [0.05, 0.1) is 12.7 Å². The highest BCUT2D eigenvalue weighted by molar-refractivity contribution is 5.42. The number of hydrogen-bond donors (Lipinski definition) is 2. The first-order valence-corrected chi connectivity index (χ1v) is 6.56. The van der Waals surface area contributed by atoms with Crippen molar-refractivity contribution in [1.82, 2.24) is 0 Å². The molecule has 0 heterocycles. The third-order valence-corrected chi connectivity index (χ3v) is 3.47. The van der Waals surface area contributed by atoms with Crippen molar-refractivity contribution in [2.24, 2.45) is 11.7 Å². The minimum Gasteiger partial charge on any atom is -0.497 e. The lowest BCUT2D eigenvalue weighted by molar-refractivity contribution is -0.0269. The summed E-state index contributed by atoms with van der Waals surface area (Å²) in [6.07, 6.45) is 0. The molecule has 0 saturated heterocycles. The van der Waals surface area contributed by atoms with Crippen LogP contribution in [0, 0.1) is 5.92 Å². The smallest absolute Gasteiger partial charge is 0.127 e. The fourth-order valence-corrected chi connectivity index (χ4v) is 1.53. The summed E-state index contributed by atoms with van der Waals surface area (Å²) in [5.41, 5.74) is 5.95. The fourth-order valence-electron chi connectivity index (χ4n) is 1.53. The number of aliphatic hydroxyl groups is 1. The molecule has 0 amide bonds. The van der Waals surface area contributed by atoms with Crippen LogP contribution in [-0.2, 0) is 0 Å². The van der Waals surface area contributed by atoms with Gasteiger partial charge in [-0.1, -0.05) is 19.9 Å². The summed E-state index contributed by atoms with van der Waals surface area (Å²) in [6.45, 7) is 7.80. The predicted octanol–water partition coefficient (Wildman–Crippen LogP) is 2.50. The van der Waals surface area contributed by atoms with E-state index in [2.05, 4.69) is 0 Å². The maximum absolute atomic E-state index is 10.2. The molecule has 4 nitrogen and oxygen atoms in total. The molecule has 0 radical (unpaired) electrons. The van der Waals surface area contributed by atoms with E-state index < -0.39 is 5.60 Å². The van der Waals surface area contributed by atoms with Gasteiger partial charge in [-0.25, -0.2) is 0 Å². The van der Waals surface area contributed by atoms with Crippen molar-refractivity contribution in [1.29, 1.82) is 0 Å². The molecular formula is C15H25NO3. The van der Waals surface area contributed by atoms with Crippen molar-refractivity contribution >= 4 is 0 Å². The molecule has 1 aromatic rings. The van der Waals surface area contributed by atoms with Gasteiger partial charge in [-0.3, -0.25) is 0 Å². The highest BCUT2D eigenvalue weighted by atomic mass is 16.5. The summed E-state index contributed by atoms with van der Waals surface area (Å²) in [6, 6.07) is 5.41. The van der Waals surface area contributed by atoms with Crippen LogP contribution in [-0.4, -0.2) is 24.4 Å². The van der Waals surface area contributed by atoms with Crippen molar-refractivity contribution < 1.29 is 14.6 Å². The number of benzene rings is 1. The highest BCUT2D eigenvalue weighted by Crippen LogP contribution is 2.30. The Kier molecular flexibility index (Phi) is 5.20. The summed E-state index contributed by atoms with van der Waals surface area (Å²) in [5, 5.41) is 10.2. The van der Waals surface area contributed by atoms with Gasteiger partial charge in [0.15, 0.2) is 0 Å². The van der Waals surface area contributed by atoms with Crippen LogP contribution < -0.4 is 15.2 Å². The van der Waals surface area contributed by atoms with Crippen LogP contribution in [0.1, 0.15) is 39.3 Å². The SMILES string of the molecule is COc1ccc([C@H](C)N)c(OCC(C)(O)C(C)C)c1. The van der Waals surface area contributed by atoms with E-state index in [1.165, 1.54) is 0 Å². The number of methoxy groups -OCH3 is 1. The lowest BCUT2D eigenvalue weighted by Crippen LogP contribution is -2.38. The van der Waals surface area contributed by atoms with Crippen LogP contribution in [0.15, 0.2) is 18.2 Å². The molecular weight excluding hydrogens is 242 g/mol. The molecule has 0 aliphatic rings. The maximum atomic E-state index is 10.2. The van der Waals surface area contributed by atoms with Crippen LogP contribution in [0.25, 0.3) is 0 Å². The van der Waals surface area contributed by atoms with E-state index in [1.807, 2.05) is 32.9 Å². The Morgan fingerprint density at radius 1 is 1.32 bits per heavy atom. The molecule has 2 atom stereocenters. The Morgan fingerprint density at radius 2 is 1.95 bits per heavy atom. The van der Waals surface area contributed by atoms with E-state index >= 15 is 0 Å². The molecule has 19 heavy (non-hydrogen) atoms. The minimum atomic E-state index is -0.877. The van der Waals surface area contributed by atoms with Crippen molar-refractivity contribution in [2.75, 3.05) is 13.7 Å². The summed E-state index contributed by atoms with van der Waals surface area (Å²) in [7, 11) is 1.61. The average Bonchev–Trinajstić information content (AvgIpc) is 2.35. The molecule has 0 aromatic heterocycles. The zero-order chi connectivity index (χ0) is 14.6. The van der Waals surface area contributed by atoms with E-state index in [9.17, 15) is 5.11 Å². The molecule has 0 aliphatic carbocycles. The number of ether oxygens (including phenoxy) is 2. The monoisotopic (exact) mass is 267 g/mol. The molecule has 1 aromatic carbocycles. The van der Waals surface area contributed by atoms with Gasteiger partial charge < -0.3 is 20.3 Å². The second-order valence-corrected chi connectivity index (χ2v) is 5.49. The minimum absolute atomic E-state index is 0.108. The van der Waals surface area contributed by atoms with Crippen molar-refractivity contribution in [3.63, 3.8) is 0 Å². The maximum Gasteiger partial charge on any atom is 0.127 e. The summed E-state index contributed by atoms with van der Waals surface area (Å²) in [4.78, 5) is 0. The molecule has 1 rings (SSSR count). The lowest BCUT2D eigenvalue weighted by atomic mass is 9.93. The first-order valence-electron chi connectivity index (χ1n) is 6.56. The second-order valence-electron chi connectivity index (χ2n) is 5.49. The standard InChI is InChI=1S/C15H25NO3/c1-10(2)15(4,17)9-19-14-8-12(18-5)6-7-13(14)11(3)16/h6-8,10-11,17H,9,16H2,1-5H3/t11-,15?/m0/s1. The second kappa shape index (κ2) is 6.26. The van der Waals surface area contributed by atoms with E-state index in [4.69, 9.17) is 15.2 Å². The van der Waals surface area contributed by atoms with Gasteiger partial charge in [0.1, 0.15) is 18.1 Å². The van der Waals surface area contributed by atoms with Gasteiger partial charge in [0.25, 0.3) is 0 Å². The summed E-state index contributed by atoms with van der Waals surface area (Å²) in [5.74, 6) is 1.48. The topological polar surface area (TPSA) is 64.7 Å². The van der Waals surface area contributed by atoms with E-state index in [1.54, 1.807) is 20.1 Å². The quantitative estimate of drug-likeness (QED) is 0.831. The van der Waals surface area contributed by atoms with Crippen LogP contribution in [0.3, 0.4) is 0 Å². The summed E-state index contributed by atoms with van der Waals surface area (Å²) < 4.78 is 10.9. The fraction of sp³-hybridized carbons (Fsp3) is 0.600. The van der Waals surface area contributed by atoms with Crippen LogP contribution in [0.2, 0.25) is 0 Å². The number of nitrogens with two attached hydrogens (primary N) is 1. The van der Waals surface area contributed by atoms with Crippen LogP contribution in [0.5, 0.6) is 11.5 Å². The molecule has 3 N–H and O–H groups in total. The molecule has 0 bridgehead atoms. The van der Waals surface area contributed by atoms with Gasteiger partial charge in [-0.2, -0.15) is 0 Å². The third-order valence-electron chi connectivity index (χ3n) is 3.47. The van der Waals surface area contributed by atoms with Crippen LogP contribution in [0.4, 0.5) is 0 Å². The molecule has 0 spiro atoms. The highest BCUT2D eigenvalue weighted by Gasteiger charge is 2.26. The predicted molar refractivity (Wildman–Crippen MR) is 76.6 cm³/mol. The zero-order valence-corrected chi connectivity index (χ0v) is 12.4. The van der Waals surface area contributed by atoms with Crippen LogP contribution >= 0.6 is 0 Å².